The van der Waals surface area contributed by atoms with Crippen LogP contribution in [-0.2, 0) is 22.5 Å². The van der Waals surface area contributed by atoms with Gasteiger partial charge in [0.05, 0.1) is 5.56 Å². The van der Waals surface area contributed by atoms with Gasteiger partial charge in [0.25, 0.3) is 5.91 Å². The largest absolute Gasteiger partial charge is 0.452 e. The average molecular weight is 409 g/mol. The molecular weight excluding hydrogens is 382 g/mol. The van der Waals surface area contributed by atoms with Crippen LogP contribution in [0.1, 0.15) is 41.8 Å². The Hall–Kier alpha value is -3.35. The zero-order valence-electron chi connectivity index (χ0n) is 17.3. The normalized spacial score (nSPS) is 12.8. The van der Waals surface area contributed by atoms with Gasteiger partial charge in [0.2, 0.25) is 0 Å². The van der Waals surface area contributed by atoms with Gasteiger partial charge in [-0.25, -0.2) is 9.59 Å². The van der Waals surface area contributed by atoms with Crippen molar-refractivity contribution in [3.05, 3.63) is 65.2 Å². The van der Waals surface area contributed by atoms with Crippen LogP contribution in [0.5, 0.6) is 0 Å². The Bertz CT molecular complexity index is 909. The van der Waals surface area contributed by atoms with Crippen LogP contribution in [0.2, 0.25) is 0 Å². The van der Waals surface area contributed by atoms with Crippen molar-refractivity contribution in [1.29, 1.82) is 0 Å². The Labute approximate surface area is 176 Å². The van der Waals surface area contributed by atoms with Crippen LogP contribution in [0, 0.1) is 0 Å². The number of anilines is 1. The van der Waals surface area contributed by atoms with E-state index in [9.17, 15) is 14.4 Å². The number of nitrogens with one attached hydrogen (secondary N) is 2. The van der Waals surface area contributed by atoms with E-state index in [-0.39, 0.29) is 24.6 Å². The SMILES string of the molecule is CC(C)NC(=O)NCc1ccc(C(=O)OCC(=O)N2CCCc3ccccc32)cc1. The van der Waals surface area contributed by atoms with E-state index >= 15 is 0 Å². The van der Waals surface area contributed by atoms with Gasteiger partial charge in [0.1, 0.15) is 0 Å². The van der Waals surface area contributed by atoms with Crippen molar-refractivity contribution in [3.8, 4) is 0 Å². The van der Waals surface area contributed by atoms with E-state index in [1.165, 1.54) is 0 Å². The minimum atomic E-state index is -0.550. The fourth-order valence-electron chi connectivity index (χ4n) is 3.34. The van der Waals surface area contributed by atoms with E-state index in [0.717, 1.165) is 29.7 Å². The molecule has 2 aromatic rings. The molecule has 1 aliphatic heterocycles. The van der Waals surface area contributed by atoms with Gasteiger partial charge < -0.3 is 20.3 Å². The van der Waals surface area contributed by atoms with Crippen LogP contribution < -0.4 is 15.5 Å². The molecule has 0 aliphatic carbocycles. The molecule has 3 amide bonds. The molecule has 1 aliphatic rings. The summed E-state index contributed by atoms with van der Waals surface area (Å²) in [5.41, 5.74) is 3.24. The number of nitrogens with zero attached hydrogens (tertiary/aromatic N) is 1. The molecule has 0 saturated heterocycles. The molecule has 0 atom stereocenters. The lowest BCUT2D eigenvalue weighted by molar-refractivity contribution is -0.121. The molecular formula is C23H27N3O4. The second kappa shape index (κ2) is 9.91. The van der Waals surface area contributed by atoms with E-state index in [1.807, 2.05) is 38.1 Å². The van der Waals surface area contributed by atoms with Crippen LogP contribution in [0.4, 0.5) is 10.5 Å². The zero-order chi connectivity index (χ0) is 21.5. The maximum atomic E-state index is 12.6. The minimum Gasteiger partial charge on any atom is -0.452 e. The highest BCUT2D eigenvalue weighted by atomic mass is 16.5. The third-order valence-electron chi connectivity index (χ3n) is 4.80. The maximum absolute atomic E-state index is 12.6. The van der Waals surface area contributed by atoms with Crippen LogP contribution in [0.15, 0.2) is 48.5 Å². The van der Waals surface area contributed by atoms with E-state index in [4.69, 9.17) is 4.74 Å². The number of benzene rings is 2. The first kappa shape index (κ1) is 21.4. The van der Waals surface area contributed by atoms with Crippen LogP contribution in [0.3, 0.4) is 0 Å². The summed E-state index contributed by atoms with van der Waals surface area (Å²) in [4.78, 5) is 38.2. The van der Waals surface area contributed by atoms with Crippen molar-refractivity contribution < 1.29 is 19.1 Å². The Morgan fingerprint density at radius 2 is 1.80 bits per heavy atom. The second-order valence-electron chi connectivity index (χ2n) is 7.53. The van der Waals surface area contributed by atoms with E-state index in [0.29, 0.717) is 18.7 Å². The molecule has 7 nitrogen and oxygen atoms in total. The minimum absolute atomic E-state index is 0.0586. The van der Waals surface area contributed by atoms with Crippen molar-refractivity contribution in [2.45, 2.75) is 39.3 Å². The molecule has 1 heterocycles. The number of fused-ring (bicyclic) bond motifs is 1. The summed E-state index contributed by atoms with van der Waals surface area (Å²) >= 11 is 0. The maximum Gasteiger partial charge on any atom is 0.338 e. The standard InChI is InChI=1S/C23H27N3O4/c1-16(2)25-23(29)24-14-17-9-11-19(12-10-17)22(28)30-15-21(27)26-13-5-7-18-6-3-4-8-20(18)26/h3-4,6,8-12,16H,5,7,13-15H2,1-2H3,(H2,24,25,29). The predicted octanol–water partition coefficient (Wildman–Crippen LogP) is 3.03. The lowest BCUT2D eigenvalue weighted by atomic mass is 10.0. The number of rotatable bonds is 6. The summed E-state index contributed by atoms with van der Waals surface area (Å²) in [7, 11) is 0. The Morgan fingerprint density at radius 3 is 2.53 bits per heavy atom. The Kier molecular flexibility index (Phi) is 7.06. The van der Waals surface area contributed by atoms with Gasteiger partial charge in [-0.05, 0) is 56.0 Å². The molecule has 3 rings (SSSR count). The van der Waals surface area contributed by atoms with Crippen LogP contribution in [-0.4, -0.2) is 37.1 Å². The molecule has 2 aromatic carbocycles. The number of hydrogen-bond donors (Lipinski definition) is 2. The Balaban J connectivity index is 1.50. The number of aryl methyl sites for hydroxylation is 1. The molecule has 30 heavy (non-hydrogen) atoms. The molecule has 0 bridgehead atoms. The smallest absolute Gasteiger partial charge is 0.338 e. The van der Waals surface area contributed by atoms with Crippen molar-refractivity contribution in [1.82, 2.24) is 10.6 Å². The van der Waals surface area contributed by atoms with Gasteiger partial charge in [0.15, 0.2) is 6.61 Å². The number of esters is 1. The molecule has 158 valence electrons. The van der Waals surface area contributed by atoms with Gasteiger partial charge >= 0.3 is 12.0 Å². The highest BCUT2D eigenvalue weighted by Crippen LogP contribution is 2.26. The van der Waals surface area contributed by atoms with Crippen molar-refractivity contribution in [2.24, 2.45) is 0 Å². The van der Waals surface area contributed by atoms with Crippen LogP contribution in [0.25, 0.3) is 0 Å². The number of para-hydroxylation sites is 1. The first-order valence-corrected chi connectivity index (χ1v) is 10.1. The van der Waals surface area contributed by atoms with Gasteiger partial charge in [-0.15, -0.1) is 0 Å². The first-order chi connectivity index (χ1) is 14.4. The monoisotopic (exact) mass is 409 g/mol. The molecule has 0 radical (unpaired) electrons. The quantitative estimate of drug-likeness (QED) is 0.718. The Morgan fingerprint density at radius 1 is 1.07 bits per heavy atom. The third-order valence-corrected chi connectivity index (χ3v) is 4.80. The van der Waals surface area contributed by atoms with E-state index < -0.39 is 5.97 Å². The fourth-order valence-corrected chi connectivity index (χ4v) is 3.34. The number of amides is 3. The highest BCUT2D eigenvalue weighted by molar-refractivity contribution is 5.98. The lowest BCUT2D eigenvalue weighted by Gasteiger charge is -2.29. The third kappa shape index (κ3) is 5.59. The molecule has 0 spiro atoms. The average Bonchev–Trinajstić information content (AvgIpc) is 2.75. The summed E-state index contributed by atoms with van der Waals surface area (Å²) in [5, 5.41) is 5.49. The lowest BCUT2D eigenvalue weighted by Crippen LogP contribution is -2.39. The zero-order valence-corrected chi connectivity index (χ0v) is 17.3. The van der Waals surface area contributed by atoms with Gasteiger partial charge in [-0.3, -0.25) is 4.79 Å². The summed E-state index contributed by atoms with van der Waals surface area (Å²) in [5.74, 6) is -0.779. The number of urea groups is 1. The predicted molar refractivity (Wildman–Crippen MR) is 114 cm³/mol. The summed E-state index contributed by atoms with van der Waals surface area (Å²) in [6, 6.07) is 14.4. The fraction of sp³-hybridized carbons (Fsp3) is 0.348. The number of hydrogen-bond acceptors (Lipinski definition) is 4. The van der Waals surface area contributed by atoms with Crippen molar-refractivity contribution >= 4 is 23.6 Å². The molecule has 0 fully saturated rings. The molecule has 0 unspecified atom stereocenters. The van der Waals surface area contributed by atoms with E-state index in [1.54, 1.807) is 29.2 Å². The molecule has 0 aromatic heterocycles. The summed E-state index contributed by atoms with van der Waals surface area (Å²) in [6.45, 7) is 4.44. The highest BCUT2D eigenvalue weighted by Gasteiger charge is 2.23. The van der Waals surface area contributed by atoms with Gasteiger partial charge in [-0.2, -0.15) is 0 Å². The summed E-state index contributed by atoms with van der Waals surface area (Å²) in [6.07, 6.45) is 1.83. The van der Waals surface area contributed by atoms with Gasteiger partial charge in [0, 0.05) is 24.8 Å². The number of carbonyl (C=O) groups is 3. The molecule has 7 heteroatoms. The van der Waals surface area contributed by atoms with Crippen molar-refractivity contribution in [3.63, 3.8) is 0 Å². The molecule has 0 saturated carbocycles. The second-order valence-corrected chi connectivity index (χ2v) is 7.53. The van der Waals surface area contributed by atoms with E-state index in [2.05, 4.69) is 10.6 Å². The van der Waals surface area contributed by atoms with Gasteiger partial charge in [-0.1, -0.05) is 30.3 Å². The van der Waals surface area contributed by atoms with Crippen LogP contribution >= 0.6 is 0 Å². The number of ether oxygens (including phenoxy) is 1. The number of carbonyl (C=O) groups excluding carboxylic acids is 3. The van der Waals surface area contributed by atoms with Crippen molar-refractivity contribution in [2.75, 3.05) is 18.1 Å². The molecule has 2 N–H and O–H groups in total. The summed E-state index contributed by atoms with van der Waals surface area (Å²) < 4.78 is 5.23. The topological polar surface area (TPSA) is 87.7 Å². The first-order valence-electron chi connectivity index (χ1n) is 10.1.